The van der Waals surface area contributed by atoms with E-state index in [1.165, 1.54) is 10.5 Å². The van der Waals surface area contributed by atoms with Crippen LogP contribution in [0.3, 0.4) is 0 Å². The molecule has 1 heterocycles. The van der Waals surface area contributed by atoms with Gasteiger partial charge in [-0.2, -0.15) is 0 Å². The molecule has 1 aliphatic heterocycles. The Bertz CT molecular complexity index is 879. The average Bonchev–Trinajstić information content (AvgIpc) is 2.80. The van der Waals surface area contributed by atoms with Crippen molar-refractivity contribution in [2.24, 2.45) is 0 Å². The third kappa shape index (κ3) is 3.44. The van der Waals surface area contributed by atoms with E-state index in [9.17, 15) is 9.59 Å². The third-order valence-electron chi connectivity index (χ3n) is 4.28. The van der Waals surface area contributed by atoms with Crippen LogP contribution >= 0.6 is 11.6 Å². The highest BCUT2D eigenvalue weighted by Gasteiger charge is 2.34. The van der Waals surface area contributed by atoms with E-state index in [1.54, 1.807) is 18.2 Å². The molecule has 0 bridgehead atoms. The number of hydrogen-bond donors (Lipinski definition) is 1. The van der Waals surface area contributed by atoms with Gasteiger partial charge in [0.2, 0.25) is 0 Å². The van der Waals surface area contributed by atoms with Crippen LogP contribution in [0.15, 0.2) is 42.1 Å². The maximum absolute atomic E-state index is 12.7. The van der Waals surface area contributed by atoms with Crippen LogP contribution in [0.5, 0.6) is 0 Å². The summed E-state index contributed by atoms with van der Waals surface area (Å²) in [6, 6.07) is 10.9. The van der Waals surface area contributed by atoms with Crippen molar-refractivity contribution in [1.29, 1.82) is 0 Å². The molecule has 1 saturated heterocycles. The molecule has 4 nitrogen and oxygen atoms in total. The van der Waals surface area contributed by atoms with Gasteiger partial charge < -0.3 is 5.32 Å². The van der Waals surface area contributed by atoms with Gasteiger partial charge in [-0.25, -0.2) is 4.79 Å². The highest BCUT2D eigenvalue weighted by atomic mass is 35.5. The lowest BCUT2D eigenvalue weighted by molar-refractivity contribution is -0.123. The van der Waals surface area contributed by atoms with Crippen LogP contribution < -0.4 is 5.32 Å². The first kappa shape index (κ1) is 17.2. The molecule has 0 spiro atoms. The molecule has 0 radical (unpaired) electrons. The van der Waals surface area contributed by atoms with Crippen LogP contribution in [0.4, 0.5) is 4.79 Å². The highest BCUT2D eigenvalue weighted by Crippen LogP contribution is 2.24. The smallest absolute Gasteiger partial charge is 0.303 e. The molecule has 0 aliphatic carbocycles. The van der Waals surface area contributed by atoms with Crippen LogP contribution in [0.2, 0.25) is 5.02 Å². The fourth-order valence-electron chi connectivity index (χ4n) is 3.08. The van der Waals surface area contributed by atoms with Crippen molar-refractivity contribution < 1.29 is 9.59 Å². The number of urea groups is 1. The minimum Gasteiger partial charge on any atom is -0.303 e. The molecule has 25 heavy (non-hydrogen) atoms. The van der Waals surface area contributed by atoms with Crippen molar-refractivity contribution in [2.75, 3.05) is 0 Å². The zero-order valence-electron chi connectivity index (χ0n) is 14.4. The van der Waals surface area contributed by atoms with Gasteiger partial charge in [0.05, 0.1) is 6.54 Å². The number of rotatable bonds is 3. The Balaban J connectivity index is 1.90. The fraction of sp³-hybridized carbons (Fsp3) is 0.200. The summed E-state index contributed by atoms with van der Waals surface area (Å²) in [7, 11) is 0. The first-order valence-corrected chi connectivity index (χ1v) is 8.40. The standard InChI is InChI=1S/C20H19ClN2O2/c1-12-8-13(2)16(14(3)9-12)10-18-19(24)23(20(25)22-18)11-15-6-4-5-7-17(15)21/h4-10H,11H2,1-3H3,(H,22,25)/b18-10+. The SMILES string of the molecule is Cc1cc(C)c(/C=C2/NC(=O)N(Cc3ccccc3Cl)C2=O)c(C)c1. The number of nitrogens with zero attached hydrogens (tertiary/aromatic N) is 1. The lowest BCUT2D eigenvalue weighted by Gasteiger charge is -2.13. The lowest BCUT2D eigenvalue weighted by atomic mass is 9.99. The summed E-state index contributed by atoms with van der Waals surface area (Å²) in [6.45, 7) is 6.17. The molecule has 2 aromatic carbocycles. The number of amides is 3. The van der Waals surface area contributed by atoms with E-state index in [-0.39, 0.29) is 18.1 Å². The fourth-order valence-corrected chi connectivity index (χ4v) is 3.27. The molecule has 1 N–H and O–H groups in total. The van der Waals surface area contributed by atoms with Gasteiger partial charge in [0, 0.05) is 5.02 Å². The zero-order chi connectivity index (χ0) is 18.1. The van der Waals surface area contributed by atoms with Crippen molar-refractivity contribution >= 4 is 29.6 Å². The molecule has 0 saturated carbocycles. The maximum Gasteiger partial charge on any atom is 0.329 e. The summed E-state index contributed by atoms with van der Waals surface area (Å²) >= 11 is 6.14. The molecule has 3 rings (SSSR count). The van der Waals surface area contributed by atoms with E-state index < -0.39 is 6.03 Å². The molecule has 0 atom stereocenters. The summed E-state index contributed by atoms with van der Waals surface area (Å²) in [5.74, 6) is -0.343. The van der Waals surface area contributed by atoms with E-state index in [2.05, 4.69) is 17.4 Å². The number of benzene rings is 2. The number of aryl methyl sites for hydroxylation is 3. The Labute approximate surface area is 152 Å². The van der Waals surface area contributed by atoms with Crippen molar-refractivity contribution in [3.05, 3.63) is 74.9 Å². The Hall–Kier alpha value is -2.59. The number of hydrogen-bond acceptors (Lipinski definition) is 2. The lowest BCUT2D eigenvalue weighted by Crippen LogP contribution is -2.30. The van der Waals surface area contributed by atoms with Crippen molar-refractivity contribution in [3.8, 4) is 0 Å². The molecule has 128 valence electrons. The van der Waals surface area contributed by atoms with Crippen LogP contribution in [-0.4, -0.2) is 16.8 Å². The summed E-state index contributed by atoms with van der Waals surface area (Å²) in [4.78, 5) is 26.1. The van der Waals surface area contributed by atoms with Gasteiger partial charge in [0.15, 0.2) is 0 Å². The quantitative estimate of drug-likeness (QED) is 0.657. The Morgan fingerprint density at radius 1 is 1.08 bits per heavy atom. The molecular formula is C20H19ClN2O2. The molecule has 3 amide bonds. The third-order valence-corrected chi connectivity index (χ3v) is 4.64. The second-order valence-corrected chi connectivity index (χ2v) is 6.69. The maximum atomic E-state index is 12.7. The van der Waals surface area contributed by atoms with Crippen molar-refractivity contribution in [3.63, 3.8) is 0 Å². The van der Waals surface area contributed by atoms with Crippen molar-refractivity contribution in [1.82, 2.24) is 10.2 Å². The van der Waals surface area contributed by atoms with Gasteiger partial charge in [-0.1, -0.05) is 47.5 Å². The van der Waals surface area contributed by atoms with Crippen LogP contribution in [0.25, 0.3) is 6.08 Å². The topological polar surface area (TPSA) is 49.4 Å². The van der Waals surface area contributed by atoms with E-state index in [1.807, 2.05) is 32.9 Å². The first-order valence-electron chi connectivity index (χ1n) is 8.02. The second kappa shape index (κ2) is 6.73. The number of imide groups is 1. The van der Waals surface area contributed by atoms with Gasteiger partial charge in [0.1, 0.15) is 5.70 Å². The summed E-state index contributed by atoms with van der Waals surface area (Å²) in [5, 5.41) is 3.20. The largest absolute Gasteiger partial charge is 0.329 e. The molecule has 0 unspecified atom stereocenters. The molecule has 2 aromatic rings. The Kier molecular flexibility index (Phi) is 4.64. The highest BCUT2D eigenvalue weighted by molar-refractivity contribution is 6.31. The van der Waals surface area contributed by atoms with E-state index in [0.29, 0.717) is 5.02 Å². The second-order valence-electron chi connectivity index (χ2n) is 6.28. The zero-order valence-corrected chi connectivity index (χ0v) is 15.1. The predicted octanol–water partition coefficient (Wildman–Crippen LogP) is 4.36. The molecule has 5 heteroatoms. The van der Waals surface area contributed by atoms with Gasteiger partial charge >= 0.3 is 6.03 Å². The number of halogens is 1. The molecule has 0 aromatic heterocycles. The minimum absolute atomic E-state index is 0.146. The predicted molar refractivity (Wildman–Crippen MR) is 99.2 cm³/mol. The molecular weight excluding hydrogens is 336 g/mol. The molecule has 1 fully saturated rings. The van der Waals surface area contributed by atoms with Crippen molar-refractivity contribution in [2.45, 2.75) is 27.3 Å². The summed E-state index contributed by atoms with van der Waals surface area (Å²) in [6.07, 6.45) is 1.75. The monoisotopic (exact) mass is 354 g/mol. The van der Waals surface area contributed by atoms with Crippen LogP contribution in [0.1, 0.15) is 27.8 Å². The van der Waals surface area contributed by atoms with Gasteiger partial charge in [-0.3, -0.25) is 9.69 Å². The van der Waals surface area contributed by atoms with Gasteiger partial charge in [-0.05, 0) is 55.2 Å². The van der Waals surface area contributed by atoms with Gasteiger partial charge in [-0.15, -0.1) is 0 Å². The number of carbonyl (C=O) groups is 2. The summed E-state index contributed by atoms with van der Waals surface area (Å²) in [5.41, 5.74) is 5.27. The van der Waals surface area contributed by atoms with Crippen LogP contribution in [-0.2, 0) is 11.3 Å². The first-order chi connectivity index (χ1) is 11.9. The summed E-state index contributed by atoms with van der Waals surface area (Å²) < 4.78 is 0. The van der Waals surface area contributed by atoms with E-state index in [4.69, 9.17) is 11.6 Å². The Morgan fingerprint density at radius 3 is 2.36 bits per heavy atom. The Morgan fingerprint density at radius 2 is 1.72 bits per heavy atom. The van der Waals surface area contributed by atoms with E-state index in [0.717, 1.165) is 22.3 Å². The molecule has 1 aliphatic rings. The van der Waals surface area contributed by atoms with Crippen LogP contribution in [0, 0.1) is 20.8 Å². The minimum atomic E-state index is -0.432. The number of nitrogens with one attached hydrogen (secondary N) is 1. The normalized spacial score (nSPS) is 15.8. The van der Waals surface area contributed by atoms with Gasteiger partial charge in [0.25, 0.3) is 5.91 Å². The van der Waals surface area contributed by atoms with E-state index >= 15 is 0 Å². The average molecular weight is 355 g/mol. The number of carbonyl (C=O) groups excluding carboxylic acids is 2.